The summed E-state index contributed by atoms with van der Waals surface area (Å²) >= 11 is 0. The Morgan fingerprint density at radius 3 is 2.68 bits per heavy atom. The molecular weight excluding hydrogens is 282 g/mol. The second-order valence-corrected chi connectivity index (χ2v) is 5.97. The van der Waals surface area contributed by atoms with Crippen LogP contribution in [0.2, 0.25) is 0 Å². The topological polar surface area (TPSA) is 75.6 Å². The van der Waals surface area contributed by atoms with E-state index in [0.717, 1.165) is 29.7 Å². The molecule has 0 bridgehead atoms. The van der Waals surface area contributed by atoms with Crippen LogP contribution in [-0.4, -0.2) is 24.1 Å². The molecule has 0 saturated heterocycles. The van der Waals surface area contributed by atoms with Gasteiger partial charge in [0.2, 0.25) is 5.91 Å². The van der Waals surface area contributed by atoms with Gasteiger partial charge in [0.15, 0.2) is 0 Å². The van der Waals surface area contributed by atoms with Gasteiger partial charge in [-0.3, -0.25) is 9.59 Å². The summed E-state index contributed by atoms with van der Waals surface area (Å²) in [5.74, 6) is -0.648. The molecule has 1 saturated carbocycles. The molecule has 1 aliphatic rings. The average Bonchev–Trinajstić information content (AvgIpc) is 2.52. The van der Waals surface area contributed by atoms with Gasteiger partial charge in [-0.1, -0.05) is 12.5 Å². The third-order valence-electron chi connectivity index (χ3n) is 4.21. The van der Waals surface area contributed by atoms with E-state index in [1.54, 1.807) is 7.11 Å². The van der Waals surface area contributed by atoms with Crippen molar-refractivity contribution in [1.29, 1.82) is 0 Å². The number of nitrogens with one attached hydrogen (secondary N) is 1. The molecule has 1 aromatic carbocycles. The van der Waals surface area contributed by atoms with E-state index in [9.17, 15) is 9.59 Å². The number of carbonyl (C=O) groups excluding carboxylic acids is 1. The lowest BCUT2D eigenvalue weighted by Gasteiger charge is -2.25. The van der Waals surface area contributed by atoms with E-state index in [4.69, 9.17) is 9.84 Å². The van der Waals surface area contributed by atoms with Crippen molar-refractivity contribution >= 4 is 11.9 Å². The molecule has 22 heavy (non-hydrogen) atoms. The van der Waals surface area contributed by atoms with Gasteiger partial charge >= 0.3 is 5.97 Å². The number of aryl methyl sites for hydroxylation is 1. The van der Waals surface area contributed by atoms with Crippen LogP contribution < -0.4 is 10.1 Å². The van der Waals surface area contributed by atoms with E-state index in [1.807, 2.05) is 25.1 Å². The first kappa shape index (κ1) is 16.3. The maximum absolute atomic E-state index is 12.2. The molecule has 0 radical (unpaired) electrons. The minimum absolute atomic E-state index is 0.0496. The van der Waals surface area contributed by atoms with E-state index >= 15 is 0 Å². The minimum Gasteiger partial charge on any atom is -0.497 e. The zero-order valence-corrected chi connectivity index (χ0v) is 13.1. The SMILES string of the molecule is COc1cc(C)cc(CNC(=O)C2CCCC(C(=O)O)C2)c1. The average molecular weight is 305 g/mol. The van der Waals surface area contributed by atoms with E-state index in [-0.39, 0.29) is 17.7 Å². The first-order valence-corrected chi connectivity index (χ1v) is 7.64. The summed E-state index contributed by atoms with van der Waals surface area (Å²) in [4.78, 5) is 23.3. The third-order valence-corrected chi connectivity index (χ3v) is 4.21. The van der Waals surface area contributed by atoms with Crippen molar-refractivity contribution in [3.05, 3.63) is 29.3 Å². The summed E-state index contributed by atoms with van der Waals surface area (Å²) in [6.07, 6.45) is 2.69. The number of carbonyl (C=O) groups is 2. The number of amides is 1. The van der Waals surface area contributed by atoms with Gasteiger partial charge in [-0.25, -0.2) is 0 Å². The lowest BCUT2D eigenvalue weighted by atomic mass is 9.81. The number of hydrogen-bond donors (Lipinski definition) is 2. The zero-order valence-electron chi connectivity index (χ0n) is 13.1. The fourth-order valence-corrected chi connectivity index (χ4v) is 3.03. The van der Waals surface area contributed by atoms with E-state index in [0.29, 0.717) is 19.4 Å². The number of methoxy groups -OCH3 is 1. The van der Waals surface area contributed by atoms with Gasteiger partial charge in [-0.15, -0.1) is 0 Å². The summed E-state index contributed by atoms with van der Waals surface area (Å²) in [6.45, 7) is 2.41. The highest BCUT2D eigenvalue weighted by Crippen LogP contribution is 2.29. The van der Waals surface area contributed by atoms with Gasteiger partial charge in [0, 0.05) is 12.5 Å². The molecule has 2 atom stereocenters. The van der Waals surface area contributed by atoms with Gasteiger partial charge in [0.05, 0.1) is 13.0 Å². The van der Waals surface area contributed by atoms with Gasteiger partial charge in [0.1, 0.15) is 5.75 Å². The van der Waals surface area contributed by atoms with Crippen molar-refractivity contribution in [3.8, 4) is 5.75 Å². The predicted molar refractivity (Wildman–Crippen MR) is 82.7 cm³/mol. The fraction of sp³-hybridized carbons (Fsp3) is 0.529. The zero-order chi connectivity index (χ0) is 16.1. The Morgan fingerprint density at radius 2 is 2.00 bits per heavy atom. The molecule has 0 heterocycles. The summed E-state index contributed by atoms with van der Waals surface area (Å²) < 4.78 is 5.22. The van der Waals surface area contributed by atoms with Crippen LogP contribution in [0, 0.1) is 18.8 Å². The quantitative estimate of drug-likeness (QED) is 0.876. The highest BCUT2D eigenvalue weighted by atomic mass is 16.5. The first-order chi connectivity index (χ1) is 10.5. The van der Waals surface area contributed by atoms with Crippen molar-refractivity contribution in [2.75, 3.05) is 7.11 Å². The van der Waals surface area contributed by atoms with Gasteiger partial charge in [-0.2, -0.15) is 0 Å². The van der Waals surface area contributed by atoms with Crippen molar-refractivity contribution in [2.45, 2.75) is 39.2 Å². The number of carboxylic acids is 1. The van der Waals surface area contributed by atoms with E-state index in [1.165, 1.54) is 0 Å². The molecule has 2 N–H and O–H groups in total. The summed E-state index contributed by atoms with van der Waals surface area (Å²) in [7, 11) is 1.62. The van der Waals surface area contributed by atoms with Crippen LogP contribution in [0.4, 0.5) is 0 Å². The van der Waals surface area contributed by atoms with Crippen molar-refractivity contribution in [1.82, 2.24) is 5.32 Å². The monoisotopic (exact) mass is 305 g/mol. The van der Waals surface area contributed by atoms with Crippen molar-refractivity contribution in [2.24, 2.45) is 11.8 Å². The highest BCUT2D eigenvalue weighted by molar-refractivity contribution is 5.80. The molecule has 0 aromatic heterocycles. The maximum atomic E-state index is 12.2. The first-order valence-electron chi connectivity index (χ1n) is 7.64. The van der Waals surface area contributed by atoms with E-state index < -0.39 is 5.97 Å². The summed E-state index contributed by atoms with van der Waals surface area (Å²) in [5.41, 5.74) is 2.06. The van der Waals surface area contributed by atoms with Crippen molar-refractivity contribution in [3.63, 3.8) is 0 Å². The second kappa shape index (κ2) is 7.29. The maximum Gasteiger partial charge on any atom is 0.306 e. The Balaban J connectivity index is 1.92. The summed E-state index contributed by atoms with van der Waals surface area (Å²) in [5, 5.41) is 12.0. The largest absolute Gasteiger partial charge is 0.497 e. The molecule has 1 aliphatic carbocycles. The molecule has 1 fully saturated rings. The van der Waals surface area contributed by atoms with Crippen LogP contribution in [0.15, 0.2) is 18.2 Å². The molecule has 2 unspecified atom stereocenters. The van der Waals surface area contributed by atoms with Crippen LogP contribution >= 0.6 is 0 Å². The van der Waals surface area contributed by atoms with Gasteiger partial charge in [-0.05, 0) is 49.4 Å². The molecular formula is C17H23NO4. The van der Waals surface area contributed by atoms with Crippen LogP contribution in [0.1, 0.15) is 36.8 Å². The van der Waals surface area contributed by atoms with Crippen LogP contribution in [0.25, 0.3) is 0 Å². The molecule has 120 valence electrons. The van der Waals surface area contributed by atoms with Crippen LogP contribution in [-0.2, 0) is 16.1 Å². The highest BCUT2D eigenvalue weighted by Gasteiger charge is 2.30. The molecule has 0 spiro atoms. The molecule has 1 aromatic rings. The Hall–Kier alpha value is -2.04. The van der Waals surface area contributed by atoms with Gasteiger partial charge < -0.3 is 15.2 Å². The Morgan fingerprint density at radius 1 is 1.27 bits per heavy atom. The van der Waals surface area contributed by atoms with Gasteiger partial charge in [0.25, 0.3) is 0 Å². The molecule has 5 heteroatoms. The Labute approximate surface area is 130 Å². The summed E-state index contributed by atoms with van der Waals surface area (Å²) in [6, 6.07) is 5.84. The number of ether oxygens (including phenoxy) is 1. The minimum atomic E-state index is -0.791. The number of carboxylic acid groups (broad SMARTS) is 1. The van der Waals surface area contributed by atoms with Crippen LogP contribution in [0.5, 0.6) is 5.75 Å². The molecule has 1 amide bonds. The second-order valence-electron chi connectivity index (χ2n) is 5.97. The third kappa shape index (κ3) is 4.23. The number of rotatable bonds is 5. The smallest absolute Gasteiger partial charge is 0.306 e. The number of aliphatic carboxylic acids is 1. The number of hydrogen-bond acceptors (Lipinski definition) is 3. The lowest BCUT2D eigenvalue weighted by Crippen LogP contribution is -2.35. The molecule has 2 rings (SSSR count). The Bertz CT molecular complexity index is 556. The van der Waals surface area contributed by atoms with Crippen LogP contribution in [0.3, 0.4) is 0 Å². The van der Waals surface area contributed by atoms with E-state index in [2.05, 4.69) is 5.32 Å². The lowest BCUT2D eigenvalue weighted by molar-refractivity contribution is -0.144. The standard InChI is InChI=1S/C17H23NO4/c1-11-6-12(8-15(7-11)22-2)10-18-16(19)13-4-3-5-14(9-13)17(20)21/h6-8,13-14H,3-5,9-10H2,1-2H3,(H,18,19)(H,20,21). The predicted octanol–water partition coefficient (Wildman–Crippen LogP) is 2.51. The van der Waals surface area contributed by atoms with Crippen molar-refractivity contribution < 1.29 is 19.4 Å². The molecule has 0 aliphatic heterocycles. The Kier molecular flexibility index (Phi) is 5.41. The molecule has 5 nitrogen and oxygen atoms in total. The normalized spacial score (nSPS) is 21.2. The number of benzene rings is 1. The fourth-order valence-electron chi connectivity index (χ4n) is 3.03.